The zero-order valence-electron chi connectivity index (χ0n) is 12.8. The van der Waals surface area contributed by atoms with Crippen LogP contribution in [-0.4, -0.2) is 19.1 Å². The number of amides is 1. The van der Waals surface area contributed by atoms with E-state index in [9.17, 15) is 4.79 Å². The number of para-hydroxylation sites is 1. The van der Waals surface area contributed by atoms with Gasteiger partial charge in [-0.05, 0) is 47.1 Å². The molecule has 1 N–H and O–H groups in total. The number of hydrogen-bond acceptors (Lipinski definition) is 3. The van der Waals surface area contributed by atoms with Gasteiger partial charge in [0.1, 0.15) is 11.5 Å². The maximum absolute atomic E-state index is 12.2. The zero-order valence-corrected chi connectivity index (χ0v) is 15.1. The average molecular weight is 399 g/mol. The molecule has 1 atom stereocenters. The highest BCUT2D eigenvalue weighted by atomic mass is 79.9. The third-order valence-corrected chi connectivity index (χ3v) is 4.07. The first-order chi connectivity index (χ1) is 11.0. The van der Waals surface area contributed by atoms with Crippen molar-refractivity contribution in [2.45, 2.75) is 19.6 Å². The Bertz CT molecular complexity index is 693. The summed E-state index contributed by atoms with van der Waals surface area (Å²) in [6, 6.07) is 12.7. The minimum absolute atomic E-state index is 0.210. The molecule has 0 spiro atoms. The summed E-state index contributed by atoms with van der Waals surface area (Å²) in [7, 11) is 1.60. The third kappa shape index (κ3) is 4.88. The van der Waals surface area contributed by atoms with Crippen LogP contribution in [0.3, 0.4) is 0 Å². The van der Waals surface area contributed by atoms with Gasteiger partial charge in [0, 0.05) is 17.1 Å². The van der Waals surface area contributed by atoms with Crippen molar-refractivity contribution in [1.29, 1.82) is 0 Å². The Balaban J connectivity index is 1.95. The summed E-state index contributed by atoms with van der Waals surface area (Å²) < 4.78 is 11.6. The van der Waals surface area contributed by atoms with Crippen LogP contribution in [0.4, 0.5) is 0 Å². The Morgan fingerprint density at radius 3 is 2.70 bits per heavy atom. The molecule has 2 rings (SSSR count). The fourth-order valence-electron chi connectivity index (χ4n) is 1.99. The maximum atomic E-state index is 12.2. The molecule has 122 valence electrons. The maximum Gasteiger partial charge on any atom is 0.261 e. The highest BCUT2D eigenvalue weighted by Gasteiger charge is 2.16. The Morgan fingerprint density at radius 1 is 1.26 bits per heavy atom. The minimum Gasteiger partial charge on any atom is -0.496 e. The van der Waals surface area contributed by atoms with Crippen LogP contribution < -0.4 is 14.8 Å². The molecular weight excluding hydrogens is 382 g/mol. The molecule has 0 aliphatic rings. The second-order valence-corrected chi connectivity index (χ2v) is 6.16. The SMILES string of the molecule is COc1ccccc1CNC(=O)[C@H](C)Oc1ccc(Cl)cc1Br. The van der Waals surface area contributed by atoms with Gasteiger partial charge in [-0.3, -0.25) is 4.79 Å². The van der Waals surface area contributed by atoms with Crippen molar-refractivity contribution >= 4 is 33.4 Å². The Kier molecular flexibility index (Phi) is 6.30. The van der Waals surface area contributed by atoms with Crippen molar-refractivity contribution in [3.8, 4) is 11.5 Å². The normalized spacial score (nSPS) is 11.7. The topological polar surface area (TPSA) is 47.6 Å². The molecule has 0 saturated heterocycles. The van der Waals surface area contributed by atoms with E-state index in [1.54, 1.807) is 32.2 Å². The molecule has 0 radical (unpaired) electrons. The summed E-state index contributed by atoms with van der Waals surface area (Å²) in [6.45, 7) is 2.07. The standard InChI is InChI=1S/C17H17BrClNO3/c1-11(23-16-8-7-13(19)9-14(16)18)17(21)20-10-12-5-3-4-6-15(12)22-2/h3-9,11H,10H2,1-2H3,(H,20,21)/t11-/m0/s1. The van der Waals surface area contributed by atoms with Crippen LogP contribution in [0, 0.1) is 0 Å². The first kappa shape index (κ1) is 17.6. The molecule has 2 aromatic rings. The van der Waals surface area contributed by atoms with Crippen molar-refractivity contribution < 1.29 is 14.3 Å². The zero-order chi connectivity index (χ0) is 16.8. The van der Waals surface area contributed by atoms with Gasteiger partial charge in [-0.2, -0.15) is 0 Å². The minimum atomic E-state index is -0.637. The average Bonchev–Trinajstić information content (AvgIpc) is 2.55. The van der Waals surface area contributed by atoms with Gasteiger partial charge in [-0.15, -0.1) is 0 Å². The molecule has 0 aromatic heterocycles. The highest BCUT2D eigenvalue weighted by molar-refractivity contribution is 9.10. The smallest absolute Gasteiger partial charge is 0.261 e. The van der Waals surface area contributed by atoms with Crippen LogP contribution in [0.2, 0.25) is 5.02 Å². The van der Waals surface area contributed by atoms with E-state index in [1.807, 2.05) is 24.3 Å². The quantitative estimate of drug-likeness (QED) is 0.793. The van der Waals surface area contributed by atoms with Gasteiger partial charge in [0.25, 0.3) is 5.91 Å². The van der Waals surface area contributed by atoms with E-state index < -0.39 is 6.10 Å². The number of carbonyl (C=O) groups is 1. The van der Waals surface area contributed by atoms with E-state index in [0.717, 1.165) is 11.3 Å². The molecule has 1 amide bonds. The predicted molar refractivity (Wildman–Crippen MR) is 94.1 cm³/mol. The molecule has 0 aliphatic heterocycles. The van der Waals surface area contributed by atoms with Gasteiger partial charge in [0.05, 0.1) is 11.6 Å². The lowest BCUT2D eigenvalue weighted by Gasteiger charge is -2.16. The van der Waals surface area contributed by atoms with Gasteiger partial charge >= 0.3 is 0 Å². The van der Waals surface area contributed by atoms with E-state index >= 15 is 0 Å². The summed E-state index contributed by atoms with van der Waals surface area (Å²) >= 11 is 9.25. The Labute approximate surface area is 148 Å². The lowest BCUT2D eigenvalue weighted by atomic mass is 10.2. The Morgan fingerprint density at radius 2 is 2.00 bits per heavy atom. The van der Waals surface area contributed by atoms with Crippen LogP contribution >= 0.6 is 27.5 Å². The molecule has 0 bridgehead atoms. The van der Waals surface area contributed by atoms with E-state index in [-0.39, 0.29) is 5.91 Å². The summed E-state index contributed by atoms with van der Waals surface area (Å²) in [6.07, 6.45) is -0.637. The highest BCUT2D eigenvalue weighted by Crippen LogP contribution is 2.28. The van der Waals surface area contributed by atoms with Crippen molar-refractivity contribution in [3.63, 3.8) is 0 Å². The van der Waals surface area contributed by atoms with Crippen LogP contribution in [-0.2, 0) is 11.3 Å². The molecule has 0 fully saturated rings. The van der Waals surface area contributed by atoms with Gasteiger partial charge in [-0.1, -0.05) is 29.8 Å². The molecule has 2 aromatic carbocycles. The van der Waals surface area contributed by atoms with Crippen molar-refractivity contribution in [2.24, 2.45) is 0 Å². The number of rotatable bonds is 6. The lowest BCUT2D eigenvalue weighted by Crippen LogP contribution is -2.36. The fraction of sp³-hybridized carbons (Fsp3) is 0.235. The van der Waals surface area contributed by atoms with Gasteiger partial charge in [-0.25, -0.2) is 0 Å². The molecule has 0 heterocycles. The van der Waals surface area contributed by atoms with E-state index in [1.165, 1.54) is 0 Å². The molecular formula is C17H17BrClNO3. The van der Waals surface area contributed by atoms with E-state index in [2.05, 4.69) is 21.2 Å². The van der Waals surface area contributed by atoms with E-state index in [4.69, 9.17) is 21.1 Å². The van der Waals surface area contributed by atoms with Gasteiger partial charge in [0.15, 0.2) is 6.10 Å². The Hall–Kier alpha value is -1.72. The summed E-state index contributed by atoms with van der Waals surface area (Å²) in [4.78, 5) is 12.2. The number of nitrogens with one attached hydrogen (secondary N) is 1. The number of ether oxygens (including phenoxy) is 2. The second kappa shape index (κ2) is 8.22. The van der Waals surface area contributed by atoms with Crippen molar-refractivity contribution in [3.05, 3.63) is 57.5 Å². The van der Waals surface area contributed by atoms with Crippen LogP contribution in [0.1, 0.15) is 12.5 Å². The molecule has 6 heteroatoms. The first-order valence-electron chi connectivity index (χ1n) is 7.02. The fourth-order valence-corrected chi connectivity index (χ4v) is 2.77. The molecule has 0 saturated carbocycles. The first-order valence-corrected chi connectivity index (χ1v) is 8.19. The molecule has 0 unspecified atom stereocenters. The molecule has 0 aliphatic carbocycles. The van der Waals surface area contributed by atoms with Crippen LogP contribution in [0.15, 0.2) is 46.9 Å². The summed E-state index contributed by atoms with van der Waals surface area (Å²) in [5.41, 5.74) is 0.906. The van der Waals surface area contributed by atoms with Gasteiger partial charge < -0.3 is 14.8 Å². The summed E-state index contributed by atoms with van der Waals surface area (Å²) in [5, 5.41) is 3.43. The monoisotopic (exact) mass is 397 g/mol. The molecule has 4 nitrogen and oxygen atoms in total. The lowest BCUT2D eigenvalue weighted by molar-refractivity contribution is -0.127. The van der Waals surface area contributed by atoms with Gasteiger partial charge in [0.2, 0.25) is 0 Å². The number of hydrogen-bond donors (Lipinski definition) is 1. The third-order valence-electron chi connectivity index (χ3n) is 3.21. The number of benzene rings is 2. The second-order valence-electron chi connectivity index (χ2n) is 4.86. The largest absolute Gasteiger partial charge is 0.496 e. The van der Waals surface area contributed by atoms with Crippen LogP contribution in [0.5, 0.6) is 11.5 Å². The van der Waals surface area contributed by atoms with Crippen LogP contribution in [0.25, 0.3) is 0 Å². The number of carbonyl (C=O) groups excluding carboxylic acids is 1. The number of methoxy groups -OCH3 is 1. The summed E-state index contributed by atoms with van der Waals surface area (Å²) in [5.74, 6) is 1.09. The predicted octanol–water partition coefficient (Wildman–Crippen LogP) is 4.19. The van der Waals surface area contributed by atoms with E-state index in [0.29, 0.717) is 21.8 Å². The number of halogens is 2. The molecule has 23 heavy (non-hydrogen) atoms. The van der Waals surface area contributed by atoms with Crippen molar-refractivity contribution in [1.82, 2.24) is 5.32 Å². The van der Waals surface area contributed by atoms with Crippen molar-refractivity contribution in [2.75, 3.05) is 7.11 Å².